The second-order valence-electron chi connectivity index (χ2n) is 9.28. The van der Waals surface area contributed by atoms with Crippen molar-refractivity contribution in [2.24, 2.45) is 5.92 Å². The number of rotatable bonds is 9. The van der Waals surface area contributed by atoms with E-state index >= 15 is 0 Å². The Morgan fingerprint density at radius 2 is 1.76 bits per heavy atom. The predicted molar refractivity (Wildman–Crippen MR) is 143 cm³/mol. The molecule has 4 rings (SSSR count). The first-order valence-electron chi connectivity index (χ1n) is 12.2. The van der Waals surface area contributed by atoms with E-state index in [0.29, 0.717) is 22.2 Å². The monoisotopic (exact) mass is 512 g/mol. The molecule has 2 heterocycles. The van der Waals surface area contributed by atoms with Crippen LogP contribution in [-0.2, 0) is 27.3 Å². The highest BCUT2D eigenvalue weighted by molar-refractivity contribution is 8.00. The Balaban J connectivity index is 1.58. The SMILES string of the molecule is CC(C)Cc1ccc(C#N)c(SCC(=O)N(Cc2ccccc2)C2CC(=O)N(c3ccccc3)C2=O)n1. The lowest BCUT2D eigenvalue weighted by Crippen LogP contribution is -2.45. The van der Waals surface area contributed by atoms with E-state index in [1.54, 1.807) is 30.3 Å². The minimum Gasteiger partial charge on any atom is -0.325 e. The van der Waals surface area contributed by atoms with Crippen molar-refractivity contribution < 1.29 is 14.4 Å². The third-order valence-corrected chi connectivity index (χ3v) is 6.99. The van der Waals surface area contributed by atoms with Gasteiger partial charge in [-0.2, -0.15) is 5.26 Å². The lowest BCUT2D eigenvalue weighted by atomic mass is 10.1. The van der Waals surface area contributed by atoms with Crippen LogP contribution in [0.1, 0.15) is 37.1 Å². The molecule has 1 aliphatic heterocycles. The van der Waals surface area contributed by atoms with E-state index in [-0.39, 0.29) is 30.5 Å². The molecule has 7 nitrogen and oxygen atoms in total. The van der Waals surface area contributed by atoms with Gasteiger partial charge in [0.2, 0.25) is 11.8 Å². The van der Waals surface area contributed by atoms with Gasteiger partial charge in [-0.05, 0) is 42.2 Å². The fourth-order valence-electron chi connectivity index (χ4n) is 4.28. The van der Waals surface area contributed by atoms with Gasteiger partial charge in [0.05, 0.1) is 23.4 Å². The van der Waals surface area contributed by atoms with Crippen LogP contribution in [0.2, 0.25) is 0 Å². The van der Waals surface area contributed by atoms with Crippen LogP contribution in [0.25, 0.3) is 0 Å². The number of nitrogens with zero attached hydrogens (tertiary/aromatic N) is 4. The number of anilines is 1. The number of hydrogen-bond acceptors (Lipinski definition) is 6. The summed E-state index contributed by atoms with van der Waals surface area (Å²) in [5.74, 6) is -0.660. The quantitative estimate of drug-likeness (QED) is 0.307. The van der Waals surface area contributed by atoms with Gasteiger partial charge in [-0.25, -0.2) is 9.88 Å². The van der Waals surface area contributed by atoms with Gasteiger partial charge in [0.15, 0.2) is 0 Å². The number of para-hydroxylation sites is 1. The van der Waals surface area contributed by atoms with Crippen LogP contribution in [0.15, 0.2) is 77.8 Å². The van der Waals surface area contributed by atoms with Gasteiger partial charge in [-0.3, -0.25) is 14.4 Å². The molecule has 1 fully saturated rings. The van der Waals surface area contributed by atoms with Crippen LogP contribution in [0.5, 0.6) is 0 Å². The van der Waals surface area contributed by atoms with Crippen molar-refractivity contribution >= 4 is 35.2 Å². The molecule has 0 bridgehead atoms. The van der Waals surface area contributed by atoms with Gasteiger partial charge in [-0.15, -0.1) is 0 Å². The highest BCUT2D eigenvalue weighted by Crippen LogP contribution is 2.28. The number of hydrogen-bond donors (Lipinski definition) is 0. The van der Waals surface area contributed by atoms with Crippen molar-refractivity contribution in [1.29, 1.82) is 5.26 Å². The molecular formula is C29H28N4O3S. The largest absolute Gasteiger partial charge is 0.325 e. The number of amides is 3. The second kappa shape index (κ2) is 11.8. The van der Waals surface area contributed by atoms with Crippen LogP contribution in [-0.4, -0.2) is 39.4 Å². The van der Waals surface area contributed by atoms with Gasteiger partial charge in [-0.1, -0.05) is 74.1 Å². The summed E-state index contributed by atoms with van der Waals surface area (Å²) in [5.41, 5.74) is 2.61. The molecule has 1 unspecified atom stereocenters. The summed E-state index contributed by atoms with van der Waals surface area (Å²) in [7, 11) is 0. The maximum absolute atomic E-state index is 13.6. The predicted octanol–water partition coefficient (Wildman–Crippen LogP) is 4.60. The number of benzene rings is 2. The molecule has 0 spiro atoms. The van der Waals surface area contributed by atoms with Crippen LogP contribution in [0, 0.1) is 17.2 Å². The fraction of sp³-hybridized carbons (Fsp3) is 0.276. The van der Waals surface area contributed by atoms with Crippen LogP contribution in [0.3, 0.4) is 0 Å². The number of pyridine rings is 1. The van der Waals surface area contributed by atoms with E-state index < -0.39 is 11.9 Å². The Bertz CT molecular complexity index is 1320. The normalized spacial score (nSPS) is 15.2. The van der Waals surface area contributed by atoms with Gasteiger partial charge in [0.25, 0.3) is 5.91 Å². The van der Waals surface area contributed by atoms with E-state index in [2.05, 4.69) is 24.9 Å². The summed E-state index contributed by atoms with van der Waals surface area (Å²) in [5, 5.41) is 10.0. The second-order valence-corrected chi connectivity index (χ2v) is 10.2. The van der Waals surface area contributed by atoms with Crippen LogP contribution in [0.4, 0.5) is 5.69 Å². The number of thioether (sulfide) groups is 1. The average molecular weight is 513 g/mol. The summed E-state index contributed by atoms with van der Waals surface area (Å²) in [6.07, 6.45) is 0.684. The van der Waals surface area contributed by atoms with Gasteiger partial charge in [0.1, 0.15) is 17.1 Å². The maximum Gasteiger partial charge on any atom is 0.257 e. The topological polar surface area (TPSA) is 94.4 Å². The van der Waals surface area contributed by atoms with Crippen LogP contribution >= 0.6 is 11.8 Å². The Hall–Kier alpha value is -3.96. The fourth-order valence-corrected chi connectivity index (χ4v) is 5.16. The molecular weight excluding hydrogens is 484 g/mol. The van der Waals surface area contributed by atoms with Crippen molar-refractivity contribution in [3.8, 4) is 6.07 Å². The highest BCUT2D eigenvalue weighted by Gasteiger charge is 2.44. The van der Waals surface area contributed by atoms with Crippen molar-refractivity contribution in [3.63, 3.8) is 0 Å². The molecule has 8 heteroatoms. The number of nitriles is 1. The zero-order chi connectivity index (χ0) is 26.4. The summed E-state index contributed by atoms with van der Waals surface area (Å²) in [6.45, 7) is 4.38. The molecule has 3 amide bonds. The van der Waals surface area contributed by atoms with E-state index in [1.165, 1.54) is 16.7 Å². The number of carbonyl (C=O) groups excluding carboxylic acids is 3. The van der Waals surface area contributed by atoms with Crippen molar-refractivity contribution in [3.05, 3.63) is 89.6 Å². The maximum atomic E-state index is 13.6. The Morgan fingerprint density at radius 3 is 2.41 bits per heavy atom. The highest BCUT2D eigenvalue weighted by atomic mass is 32.2. The molecule has 188 valence electrons. The molecule has 3 aromatic rings. The van der Waals surface area contributed by atoms with Crippen LogP contribution < -0.4 is 4.90 Å². The summed E-state index contributed by atoms with van der Waals surface area (Å²) < 4.78 is 0. The Labute approximate surface area is 221 Å². The summed E-state index contributed by atoms with van der Waals surface area (Å²) in [6, 6.07) is 23.0. The number of aromatic nitrogens is 1. The number of imide groups is 1. The molecule has 2 aromatic carbocycles. The van der Waals surface area contributed by atoms with E-state index in [9.17, 15) is 19.6 Å². The molecule has 0 aliphatic carbocycles. The van der Waals surface area contributed by atoms with E-state index in [1.807, 2.05) is 42.5 Å². The first-order chi connectivity index (χ1) is 17.9. The number of carbonyl (C=O) groups is 3. The molecule has 37 heavy (non-hydrogen) atoms. The molecule has 0 N–H and O–H groups in total. The first kappa shape index (κ1) is 26.1. The molecule has 1 atom stereocenters. The zero-order valence-electron chi connectivity index (χ0n) is 20.8. The Morgan fingerprint density at radius 1 is 1.08 bits per heavy atom. The van der Waals surface area contributed by atoms with E-state index in [4.69, 9.17) is 0 Å². The molecule has 1 aromatic heterocycles. The molecule has 0 radical (unpaired) electrons. The van der Waals surface area contributed by atoms with Crippen molar-refractivity contribution in [1.82, 2.24) is 9.88 Å². The van der Waals surface area contributed by atoms with Gasteiger partial charge in [0, 0.05) is 12.2 Å². The smallest absolute Gasteiger partial charge is 0.257 e. The molecule has 1 aliphatic rings. The first-order valence-corrected chi connectivity index (χ1v) is 13.1. The van der Waals surface area contributed by atoms with E-state index in [0.717, 1.165) is 22.6 Å². The average Bonchev–Trinajstić information content (AvgIpc) is 3.19. The third-order valence-electron chi connectivity index (χ3n) is 6.02. The molecule has 0 saturated carbocycles. The lowest BCUT2D eigenvalue weighted by Gasteiger charge is -2.28. The minimum atomic E-state index is -0.906. The van der Waals surface area contributed by atoms with Gasteiger partial charge >= 0.3 is 0 Å². The lowest BCUT2D eigenvalue weighted by molar-refractivity contribution is -0.136. The summed E-state index contributed by atoms with van der Waals surface area (Å²) in [4.78, 5) is 47.1. The van der Waals surface area contributed by atoms with Gasteiger partial charge < -0.3 is 4.90 Å². The Kier molecular flexibility index (Phi) is 8.36. The molecule has 1 saturated heterocycles. The minimum absolute atomic E-state index is 0.0110. The zero-order valence-corrected chi connectivity index (χ0v) is 21.6. The summed E-state index contributed by atoms with van der Waals surface area (Å²) >= 11 is 1.18. The van der Waals surface area contributed by atoms with Crippen molar-refractivity contribution in [2.45, 2.75) is 44.3 Å². The standard InChI is InChI=1S/C29H28N4O3S/c1-20(2)15-23-14-13-22(17-30)28(31-23)37-19-27(35)32(18-21-9-5-3-6-10-21)25-16-26(34)33(29(25)36)24-11-7-4-8-12-24/h3-14,20,25H,15-16,18-19H2,1-2H3. The third kappa shape index (κ3) is 6.25. The van der Waals surface area contributed by atoms with Crippen molar-refractivity contribution in [2.75, 3.05) is 10.7 Å².